The Morgan fingerprint density at radius 3 is 0.986 bits per heavy atom. The van der Waals surface area contributed by atoms with Crippen LogP contribution in [0.25, 0.3) is 0 Å². The van der Waals surface area contributed by atoms with Gasteiger partial charge in [0.25, 0.3) is 0 Å². The van der Waals surface area contributed by atoms with E-state index < -0.39 is 6.10 Å². The van der Waals surface area contributed by atoms with Crippen molar-refractivity contribution in [1.29, 1.82) is 0 Å². The molecule has 0 rings (SSSR count). The van der Waals surface area contributed by atoms with Crippen LogP contribution < -0.4 is 0 Å². The van der Waals surface area contributed by atoms with Gasteiger partial charge in [0.15, 0.2) is 6.10 Å². The second-order valence-electron chi connectivity index (χ2n) is 20.7. The van der Waals surface area contributed by atoms with E-state index in [0.29, 0.717) is 19.3 Å². The predicted octanol–water partition coefficient (Wildman–Crippen LogP) is 21.1. The summed E-state index contributed by atoms with van der Waals surface area (Å²) in [7, 11) is 0. The van der Waals surface area contributed by atoms with Gasteiger partial charge >= 0.3 is 17.9 Å². The molecule has 73 heavy (non-hydrogen) atoms. The average molecular weight is 1020 g/mol. The molecule has 420 valence electrons. The summed E-state index contributed by atoms with van der Waals surface area (Å²) in [6.07, 6.45) is 80.0. The fourth-order valence-electron chi connectivity index (χ4n) is 8.82. The number of hydrogen-bond donors (Lipinski definition) is 0. The molecule has 0 heterocycles. The maximum absolute atomic E-state index is 12.9. The Hall–Kier alpha value is -3.41. The summed E-state index contributed by atoms with van der Waals surface area (Å²) in [5, 5.41) is 0. The van der Waals surface area contributed by atoms with Crippen LogP contribution in [0.1, 0.15) is 303 Å². The summed E-state index contributed by atoms with van der Waals surface area (Å²) in [5.41, 5.74) is 0. The number of allylic oxidation sites excluding steroid dienone is 14. The zero-order valence-electron chi connectivity index (χ0n) is 48.1. The van der Waals surface area contributed by atoms with Crippen LogP contribution in [-0.2, 0) is 28.6 Å². The number of unbranched alkanes of at least 4 members (excludes halogenated alkanes) is 34. The second-order valence-corrected chi connectivity index (χ2v) is 20.7. The number of hydrogen-bond acceptors (Lipinski definition) is 6. The molecule has 0 aliphatic heterocycles. The van der Waals surface area contributed by atoms with Crippen molar-refractivity contribution in [3.05, 3.63) is 85.1 Å². The lowest BCUT2D eigenvalue weighted by molar-refractivity contribution is -0.167. The summed E-state index contributed by atoms with van der Waals surface area (Å²) < 4.78 is 16.9. The quantitative estimate of drug-likeness (QED) is 0.0199. The second kappa shape index (κ2) is 61.1. The highest BCUT2D eigenvalue weighted by atomic mass is 16.6. The first-order chi connectivity index (χ1) is 36.0. The third-order valence-corrected chi connectivity index (χ3v) is 13.5. The molecule has 0 radical (unpaired) electrons. The van der Waals surface area contributed by atoms with Crippen molar-refractivity contribution < 1.29 is 28.6 Å². The Morgan fingerprint density at radius 2 is 0.589 bits per heavy atom. The molecule has 6 nitrogen and oxygen atoms in total. The minimum Gasteiger partial charge on any atom is -0.462 e. The van der Waals surface area contributed by atoms with Crippen LogP contribution in [0.15, 0.2) is 85.1 Å². The maximum atomic E-state index is 12.9. The highest BCUT2D eigenvalue weighted by Crippen LogP contribution is 2.17. The summed E-state index contributed by atoms with van der Waals surface area (Å²) >= 11 is 0. The van der Waals surface area contributed by atoms with Crippen molar-refractivity contribution in [3.8, 4) is 0 Å². The number of carbonyl (C=O) groups is 3. The van der Waals surface area contributed by atoms with Gasteiger partial charge in [-0.15, -0.1) is 0 Å². The number of carbonyl (C=O) groups excluding carboxylic acids is 3. The van der Waals surface area contributed by atoms with Crippen LogP contribution in [0.2, 0.25) is 0 Å². The van der Waals surface area contributed by atoms with Crippen LogP contribution >= 0.6 is 0 Å². The molecule has 0 amide bonds. The van der Waals surface area contributed by atoms with E-state index in [9.17, 15) is 14.4 Å². The van der Waals surface area contributed by atoms with Gasteiger partial charge in [0.2, 0.25) is 0 Å². The monoisotopic (exact) mass is 1020 g/mol. The van der Waals surface area contributed by atoms with Crippen molar-refractivity contribution in [2.75, 3.05) is 13.2 Å². The highest BCUT2D eigenvalue weighted by molar-refractivity contribution is 5.71. The first-order valence-electron chi connectivity index (χ1n) is 31.1. The molecule has 0 fully saturated rings. The van der Waals surface area contributed by atoms with Gasteiger partial charge in [-0.2, -0.15) is 0 Å². The molecule has 0 N–H and O–H groups in total. The zero-order valence-corrected chi connectivity index (χ0v) is 48.1. The van der Waals surface area contributed by atoms with Gasteiger partial charge in [-0.1, -0.05) is 292 Å². The van der Waals surface area contributed by atoms with Gasteiger partial charge in [-0.3, -0.25) is 14.4 Å². The van der Waals surface area contributed by atoms with Crippen molar-refractivity contribution in [3.63, 3.8) is 0 Å². The van der Waals surface area contributed by atoms with Crippen LogP contribution in [0.3, 0.4) is 0 Å². The van der Waals surface area contributed by atoms with Crippen LogP contribution in [0, 0.1) is 0 Å². The molecule has 0 saturated carbocycles. The van der Waals surface area contributed by atoms with E-state index in [1.165, 1.54) is 161 Å². The van der Waals surface area contributed by atoms with Gasteiger partial charge in [-0.25, -0.2) is 0 Å². The van der Waals surface area contributed by atoms with Crippen molar-refractivity contribution in [1.82, 2.24) is 0 Å². The third kappa shape index (κ3) is 59.3. The van der Waals surface area contributed by atoms with E-state index in [2.05, 4.69) is 106 Å². The topological polar surface area (TPSA) is 78.9 Å². The van der Waals surface area contributed by atoms with E-state index in [1.807, 2.05) is 0 Å². The predicted molar refractivity (Wildman–Crippen MR) is 316 cm³/mol. The average Bonchev–Trinajstić information content (AvgIpc) is 3.39. The maximum Gasteiger partial charge on any atom is 0.306 e. The Balaban J connectivity index is 4.42. The van der Waals surface area contributed by atoms with E-state index in [0.717, 1.165) is 103 Å². The fourth-order valence-corrected chi connectivity index (χ4v) is 8.82. The summed E-state index contributed by atoms with van der Waals surface area (Å²) in [4.78, 5) is 38.3. The lowest BCUT2D eigenvalue weighted by Gasteiger charge is -2.18. The summed E-state index contributed by atoms with van der Waals surface area (Å²) in [6.45, 7) is 6.51. The molecular formula is C67H116O6. The molecule has 0 bridgehead atoms. The molecule has 0 aliphatic carbocycles. The van der Waals surface area contributed by atoms with Crippen LogP contribution in [0.4, 0.5) is 0 Å². The molecule has 0 aliphatic rings. The summed E-state index contributed by atoms with van der Waals surface area (Å²) in [6, 6.07) is 0. The Kier molecular flexibility index (Phi) is 58.3. The Morgan fingerprint density at radius 1 is 0.301 bits per heavy atom. The minimum absolute atomic E-state index is 0.0855. The molecule has 1 unspecified atom stereocenters. The molecule has 0 aromatic carbocycles. The lowest BCUT2D eigenvalue weighted by Crippen LogP contribution is -2.30. The van der Waals surface area contributed by atoms with Gasteiger partial charge < -0.3 is 14.2 Å². The fraction of sp³-hybridized carbons (Fsp3) is 0.746. The normalized spacial score (nSPS) is 12.6. The lowest BCUT2D eigenvalue weighted by atomic mass is 10.0. The van der Waals surface area contributed by atoms with Crippen molar-refractivity contribution in [2.24, 2.45) is 0 Å². The largest absolute Gasteiger partial charge is 0.462 e. The van der Waals surface area contributed by atoms with E-state index in [-0.39, 0.29) is 31.1 Å². The van der Waals surface area contributed by atoms with E-state index in [4.69, 9.17) is 14.2 Å². The smallest absolute Gasteiger partial charge is 0.306 e. The van der Waals surface area contributed by atoms with Crippen molar-refractivity contribution in [2.45, 2.75) is 309 Å². The highest BCUT2D eigenvalue weighted by Gasteiger charge is 2.19. The minimum atomic E-state index is -0.791. The van der Waals surface area contributed by atoms with Crippen LogP contribution in [-0.4, -0.2) is 37.2 Å². The molecule has 1 atom stereocenters. The van der Waals surface area contributed by atoms with Crippen LogP contribution in [0.5, 0.6) is 0 Å². The van der Waals surface area contributed by atoms with E-state index in [1.54, 1.807) is 0 Å². The SMILES string of the molecule is CC/C=C\C/C=C\C/C=C\CCCCCCCCCCCC(=O)OCC(COC(=O)CCCCCCCCCCCCCCCCCCCC)OC(=O)CCCCCCC\C=C/C=C\C=C/C=C\CCCCC. The Bertz CT molecular complexity index is 1400. The molecular weight excluding hydrogens is 901 g/mol. The van der Waals surface area contributed by atoms with E-state index >= 15 is 0 Å². The molecule has 6 heteroatoms. The number of esters is 3. The third-order valence-electron chi connectivity index (χ3n) is 13.5. The van der Waals surface area contributed by atoms with Gasteiger partial charge in [0.1, 0.15) is 13.2 Å². The molecule has 0 spiro atoms. The van der Waals surface area contributed by atoms with Gasteiger partial charge in [-0.05, 0) is 77.0 Å². The molecule has 0 aromatic heterocycles. The van der Waals surface area contributed by atoms with Crippen molar-refractivity contribution >= 4 is 17.9 Å². The number of ether oxygens (including phenoxy) is 3. The Labute approximate surface area is 452 Å². The standard InChI is InChI=1S/C67H116O6/c1-4-7-10-13-16-19-22-25-28-31-34-37-39-42-45-48-51-54-57-60-66(69)72-63-64(73-67(70)61-58-55-52-49-46-43-40-36-33-30-27-24-21-18-15-12-9-6-3)62-71-65(68)59-56-53-50-47-44-41-38-35-32-29-26-23-20-17-14-11-8-5-2/h7,10,16,18-19,21,24-25,27-28,30,33,36,40,64H,4-6,8-9,11-15,17,20,22-23,26,29,31-32,34-35,37-39,41-63H2,1-3H3/b10-7-,19-16-,21-18-,27-24-,28-25-,33-30-,40-36-. The first-order valence-corrected chi connectivity index (χ1v) is 31.1. The first kappa shape index (κ1) is 69.6. The van der Waals surface area contributed by atoms with Gasteiger partial charge in [0.05, 0.1) is 0 Å². The summed E-state index contributed by atoms with van der Waals surface area (Å²) in [5.74, 6) is -0.901. The molecule has 0 saturated heterocycles. The van der Waals surface area contributed by atoms with Gasteiger partial charge in [0, 0.05) is 19.3 Å². The number of rotatable bonds is 56. The zero-order chi connectivity index (χ0) is 52.9. The molecule has 0 aromatic rings.